The van der Waals surface area contributed by atoms with Gasteiger partial charge in [0.2, 0.25) is 0 Å². The molecule has 0 bridgehead atoms. The molecule has 1 aromatic rings. The minimum Gasteiger partial charge on any atom is -0.387 e. The summed E-state index contributed by atoms with van der Waals surface area (Å²) in [6, 6.07) is 4.01. The highest BCUT2D eigenvalue weighted by Crippen LogP contribution is 2.54. The molecule has 0 aliphatic heterocycles. The highest BCUT2D eigenvalue weighted by molar-refractivity contribution is 7.10. The second-order valence-corrected chi connectivity index (χ2v) is 4.55. The average molecular weight is 168 g/mol. The molecular weight excluding hydrogens is 156 g/mol. The zero-order chi connectivity index (χ0) is 7.90. The Kier molecular flexibility index (Phi) is 1.55. The average Bonchev–Trinajstić information content (AvgIpc) is 2.54. The standard InChI is InChI=1S/C9H12OS/c1-9(4-5-9)8(10)7-3-2-6-11-7/h2-3,6,8,10H,4-5H2,1H3. The fourth-order valence-electron chi connectivity index (χ4n) is 1.26. The van der Waals surface area contributed by atoms with Crippen molar-refractivity contribution in [3.8, 4) is 0 Å². The van der Waals surface area contributed by atoms with Crippen molar-refractivity contribution in [1.82, 2.24) is 0 Å². The van der Waals surface area contributed by atoms with Gasteiger partial charge in [-0.25, -0.2) is 0 Å². The first kappa shape index (κ1) is 7.32. The Morgan fingerprint density at radius 2 is 2.36 bits per heavy atom. The van der Waals surface area contributed by atoms with Gasteiger partial charge in [-0.05, 0) is 29.7 Å². The van der Waals surface area contributed by atoms with Crippen molar-refractivity contribution < 1.29 is 5.11 Å². The van der Waals surface area contributed by atoms with Gasteiger partial charge < -0.3 is 5.11 Å². The molecule has 1 aliphatic rings. The Bertz CT molecular complexity index is 236. The Morgan fingerprint density at radius 3 is 2.82 bits per heavy atom. The molecule has 1 atom stereocenters. The van der Waals surface area contributed by atoms with E-state index in [1.807, 2.05) is 17.5 Å². The molecule has 60 valence electrons. The molecule has 1 unspecified atom stereocenters. The molecular formula is C9H12OS. The summed E-state index contributed by atoms with van der Waals surface area (Å²) >= 11 is 1.65. The van der Waals surface area contributed by atoms with Crippen molar-refractivity contribution in [2.75, 3.05) is 0 Å². The second kappa shape index (κ2) is 2.32. The van der Waals surface area contributed by atoms with Gasteiger partial charge in [0.15, 0.2) is 0 Å². The van der Waals surface area contributed by atoms with Crippen LogP contribution in [0.3, 0.4) is 0 Å². The van der Waals surface area contributed by atoms with Crippen molar-refractivity contribution in [3.05, 3.63) is 22.4 Å². The van der Waals surface area contributed by atoms with Crippen LogP contribution in [0.2, 0.25) is 0 Å². The largest absolute Gasteiger partial charge is 0.387 e. The lowest BCUT2D eigenvalue weighted by Crippen LogP contribution is -2.07. The predicted molar refractivity (Wildman–Crippen MR) is 46.6 cm³/mol. The molecule has 1 aliphatic carbocycles. The third-order valence-electron chi connectivity index (χ3n) is 2.51. The van der Waals surface area contributed by atoms with E-state index in [4.69, 9.17) is 0 Å². The van der Waals surface area contributed by atoms with Gasteiger partial charge in [0.1, 0.15) is 0 Å². The lowest BCUT2D eigenvalue weighted by Gasteiger charge is -2.14. The molecule has 0 aromatic carbocycles. The monoisotopic (exact) mass is 168 g/mol. The Hall–Kier alpha value is -0.340. The summed E-state index contributed by atoms with van der Waals surface area (Å²) in [5.74, 6) is 0. The topological polar surface area (TPSA) is 20.2 Å². The zero-order valence-corrected chi connectivity index (χ0v) is 7.40. The molecule has 2 rings (SSSR count). The Labute approximate surface area is 70.7 Å². The first-order valence-electron chi connectivity index (χ1n) is 3.94. The molecule has 1 N–H and O–H groups in total. The van der Waals surface area contributed by atoms with Crippen molar-refractivity contribution in [1.29, 1.82) is 0 Å². The van der Waals surface area contributed by atoms with Gasteiger partial charge in [-0.1, -0.05) is 13.0 Å². The molecule has 1 saturated carbocycles. The molecule has 11 heavy (non-hydrogen) atoms. The smallest absolute Gasteiger partial charge is 0.0935 e. The third kappa shape index (κ3) is 1.21. The van der Waals surface area contributed by atoms with Gasteiger partial charge in [-0.15, -0.1) is 11.3 Å². The van der Waals surface area contributed by atoms with Crippen LogP contribution in [0.5, 0.6) is 0 Å². The minimum absolute atomic E-state index is 0.199. The highest BCUT2D eigenvalue weighted by atomic mass is 32.1. The summed E-state index contributed by atoms with van der Waals surface area (Å²) in [6.07, 6.45) is 2.13. The molecule has 1 heterocycles. The summed E-state index contributed by atoms with van der Waals surface area (Å²) in [5, 5.41) is 11.8. The van der Waals surface area contributed by atoms with Crippen molar-refractivity contribution in [2.45, 2.75) is 25.9 Å². The summed E-state index contributed by atoms with van der Waals surface area (Å²) in [4.78, 5) is 1.12. The molecule has 0 radical (unpaired) electrons. The van der Waals surface area contributed by atoms with Crippen LogP contribution in [0.4, 0.5) is 0 Å². The molecule has 1 nitrogen and oxygen atoms in total. The first-order valence-corrected chi connectivity index (χ1v) is 4.82. The van der Waals surface area contributed by atoms with Crippen LogP contribution in [0.15, 0.2) is 17.5 Å². The molecule has 1 fully saturated rings. The SMILES string of the molecule is CC1(C(O)c2cccs2)CC1. The van der Waals surface area contributed by atoms with Crippen molar-refractivity contribution in [2.24, 2.45) is 5.41 Å². The number of rotatable bonds is 2. The van der Waals surface area contributed by atoms with Crippen LogP contribution < -0.4 is 0 Å². The predicted octanol–water partition coefficient (Wildman–Crippen LogP) is 2.58. The van der Waals surface area contributed by atoms with Gasteiger partial charge in [0.05, 0.1) is 6.10 Å². The Balaban J connectivity index is 2.17. The lowest BCUT2D eigenvalue weighted by molar-refractivity contribution is 0.107. The molecule has 0 saturated heterocycles. The van der Waals surface area contributed by atoms with Gasteiger partial charge in [-0.2, -0.15) is 0 Å². The number of aliphatic hydroxyl groups is 1. The first-order chi connectivity index (χ1) is 5.22. The molecule has 0 spiro atoms. The van der Waals surface area contributed by atoms with E-state index < -0.39 is 0 Å². The quantitative estimate of drug-likeness (QED) is 0.719. The number of hydrogen-bond donors (Lipinski definition) is 1. The second-order valence-electron chi connectivity index (χ2n) is 3.57. The summed E-state index contributed by atoms with van der Waals surface area (Å²) < 4.78 is 0. The van der Waals surface area contributed by atoms with E-state index >= 15 is 0 Å². The van der Waals surface area contributed by atoms with Crippen LogP contribution in [-0.4, -0.2) is 5.11 Å². The maximum absolute atomic E-state index is 9.82. The highest BCUT2D eigenvalue weighted by Gasteiger charge is 2.45. The Morgan fingerprint density at radius 1 is 1.64 bits per heavy atom. The van der Waals surface area contributed by atoms with Crippen molar-refractivity contribution >= 4 is 11.3 Å². The summed E-state index contributed by atoms with van der Waals surface area (Å²) in [5.41, 5.74) is 0.199. The van der Waals surface area contributed by atoms with E-state index in [-0.39, 0.29) is 11.5 Å². The number of aliphatic hydroxyl groups excluding tert-OH is 1. The fraction of sp³-hybridized carbons (Fsp3) is 0.556. The van der Waals surface area contributed by atoms with Crippen LogP contribution in [0.25, 0.3) is 0 Å². The van der Waals surface area contributed by atoms with E-state index in [9.17, 15) is 5.11 Å². The maximum atomic E-state index is 9.82. The van der Waals surface area contributed by atoms with E-state index in [0.717, 1.165) is 4.88 Å². The fourth-order valence-corrected chi connectivity index (χ4v) is 2.15. The summed E-state index contributed by atoms with van der Waals surface area (Å²) in [6.45, 7) is 2.15. The number of thiophene rings is 1. The zero-order valence-electron chi connectivity index (χ0n) is 6.58. The molecule has 2 heteroatoms. The van der Waals surface area contributed by atoms with Crippen LogP contribution in [0.1, 0.15) is 30.7 Å². The molecule has 0 amide bonds. The van der Waals surface area contributed by atoms with Gasteiger partial charge in [0.25, 0.3) is 0 Å². The van der Waals surface area contributed by atoms with E-state index in [2.05, 4.69) is 6.92 Å². The van der Waals surface area contributed by atoms with Crippen LogP contribution in [-0.2, 0) is 0 Å². The maximum Gasteiger partial charge on any atom is 0.0935 e. The van der Waals surface area contributed by atoms with Crippen molar-refractivity contribution in [3.63, 3.8) is 0 Å². The summed E-state index contributed by atoms with van der Waals surface area (Å²) in [7, 11) is 0. The minimum atomic E-state index is -0.220. The normalized spacial score (nSPS) is 23.1. The van der Waals surface area contributed by atoms with Gasteiger partial charge in [-0.3, -0.25) is 0 Å². The van der Waals surface area contributed by atoms with E-state index in [1.54, 1.807) is 11.3 Å². The van der Waals surface area contributed by atoms with E-state index in [1.165, 1.54) is 12.8 Å². The third-order valence-corrected chi connectivity index (χ3v) is 3.44. The van der Waals surface area contributed by atoms with Gasteiger partial charge in [0, 0.05) is 4.88 Å². The van der Waals surface area contributed by atoms with E-state index in [0.29, 0.717) is 0 Å². The molecule has 1 aromatic heterocycles. The van der Waals surface area contributed by atoms with Crippen LogP contribution >= 0.6 is 11.3 Å². The number of hydrogen-bond acceptors (Lipinski definition) is 2. The van der Waals surface area contributed by atoms with Gasteiger partial charge >= 0.3 is 0 Å². The lowest BCUT2D eigenvalue weighted by atomic mass is 10.0. The van der Waals surface area contributed by atoms with Crippen LogP contribution in [0, 0.1) is 5.41 Å².